The van der Waals surface area contributed by atoms with Crippen LogP contribution < -0.4 is 36.0 Å². The molecule has 10 aromatic rings. The van der Waals surface area contributed by atoms with Crippen LogP contribution in [0.1, 0.15) is 124 Å². The number of rotatable bonds is 8. The van der Waals surface area contributed by atoms with E-state index in [1.54, 1.807) is 0 Å². The van der Waals surface area contributed by atoms with Gasteiger partial charge >= 0.3 is 0 Å². The van der Waals surface area contributed by atoms with Gasteiger partial charge in [0.15, 0.2) is 0 Å². The first-order chi connectivity index (χ1) is 40.8. The summed E-state index contributed by atoms with van der Waals surface area (Å²) in [5, 5.41) is 0. The van der Waals surface area contributed by atoms with Gasteiger partial charge in [-0.25, -0.2) is 0 Å². The van der Waals surface area contributed by atoms with Gasteiger partial charge < -0.3 is 19.6 Å². The SMILES string of the molecule is CC(C)(C)c1ccc(N2c3ccccc3B3c4ccc(C(C)(C)C)cc4N(c4ccc(C(C)(C)C)cc4-c4ccccc4)c4cc(N5c6ccc(N(c7ccccc7)c7ccccc7)cc6C6(C)CCCCC56C)cc2c43)c(-c2ccccc2)c1. The molecule has 0 bridgehead atoms. The molecular weight excluding hydrogens is 1030 g/mol. The Morgan fingerprint density at radius 3 is 1.36 bits per heavy atom. The molecule has 4 nitrogen and oxygen atoms in total. The van der Waals surface area contributed by atoms with E-state index in [4.69, 9.17) is 0 Å². The van der Waals surface area contributed by atoms with E-state index in [1.807, 2.05) is 0 Å². The minimum absolute atomic E-state index is 0.0549. The van der Waals surface area contributed by atoms with Crippen molar-refractivity contribution in [1.82, 2.24) is 0 Å². The maximum atomic E-state index is 2.83. The summed E-state index contributed by atoms with van der Waals surface area (Å²) in [7, 11) is 0. The van der Waals surface area contributed by atoms with Crippen LogP contribution in [-0.2, 0) is 21.7 Å². The molecule has 0 radical (unpaired) electrons. The van der Waals surface area contributed by atoms with Crippen molar-refractivity contribution in [2.24, 2.45) is 0 Å². The topological polar surface area (TPSA) is 13.0 Å². The first-order valence-corrected chi connectivity index (χ1v) is 31.1. The molecule has 2 atom stereocenters. The van der Waals surface area contributed by atoms with Gasteiger partial charge in [-0.15, -0.1) is 0 Å². The van der Waals surface area contributed by atoms with Crippen LogP contribution in [0.25, 0.3) is 22.3 Å². The van der Waals surface area contributed by atoms with Gasteiger partial charge in [0.25, 0.3) is 6.71 Å². The molecule has 0 spiro atoms. The molecule has 0 amide bonds. The Balaban J connectivity index is 1.11. The fraction of sp³-hybridized carbons (Fsp3) is 0.250. The third-order valence-corrected chi connectivity index (χ3v) is 19.8. The molecule has 0 aromatic heterocycles. The summed E-state index contributed by atoms with van der Waals surface area (Å²) >= 11 is 0. The Labute approximate surface area is 506 Å². The van der Waals surface area contributed by atoms with Crippen LogP contribution in [0.2, 0.25) is 0 Å². The molecule has 1 fully saturated rings. The molecule has 0 N–H and O–H groups in total. The van der Waals surface area contributed by atoms with E-state index < -0.39 is 0 Å². The van der Waals surface area contributed by atoms with Crippen LogP contribution in [0, 0.1) is 0 Å². The number of hydrogen-bond donors (Lipinski definition) is 0. The lowest BCUT2D eigenvalue weighted by molar-refractivity contribution is 0.195. The number of benzene rings is 10. The monoisotopic (exact) mass is 1110 g/mol. The van der Waals surface area contributed by atoms with Crippen LogP contribution in [0.15, 0.2) is 231 Å². The molecule has 2 unspecified atom stereocenters. The second kappa shape index (κ2) is 20.1. The van der Waals surface area contributed by atoms with E-state index in [0.29, 0.717) is 0 Å². The van der Waals surface area contributed by atoms with Gasteiger partial charge in [0.05, 0.1) is 16.9 Å². The van der Waals surface area contributed by atoms with E-state index in [-0.39, 0.29) is 33.9 Å². The highest BCUT2D eigenvalue weighted by molar-refractivity contribution is 7.00. The van der Waals surface area contributed by atoms with E-state index in [2.05, 4.69) is 326 Å². The van der Waals surface area contributed by atoms with Gasteiger partial charge in [-0.2, -0.15) is 0 Å². The normalized spacial score (nSPS) is 17.9. The average molecular weight is 1110 g/mol. The summed E-state index contributed by atoms with van der Waals surface area (Å²) in [6, 6.07) is 88.2. The zero-order valence-corrected chi connectivity index (χ0v) is 51.6. The maximum absolute atomic E-state index is 2.83. The summed E-state index contributed by atoms with van der Waals surface area (Å²) in [5.74, 6) is 0. The Bertz CT molecular complexity index is 4150. The molecule has 422 valence electrons. The van der Waals surface area contributed by atoms with Crippen molar-refractivity contribution in [3.8, 4) is 22.3 Å². The quantitative estimate of drug-likeness (QED) is 0.141. The lowest BCUT2D eigenvalue weighted by Gasteiger charge is -2.51. The number of fused-ring (bicyclic) bond motifs is 7. The Morgan fingerprint density at radius 1 is 0.376 bits per heavy atom. The average Bonchev–Trinajstić information content (AvgIpc) is 1.71. The highest BCUT2D eigenvalue weighted by atomic mass is 15.3. The molecule has 4 aliphatic rings. The second-order valence-electron chi connectivity index (χ2n) is 28.1. The number of para-hydroxylation sites is 3. The molecular formula is C80H79BN4. The highest BCUT2D eigenvalue weighted by Crippen LogP contribution is 2.63. The minimum atomic E-state index is -0.266. The predicted octanol–water partition coefficient (Wildman–Crippen LogP) is 20.2. The number of hydrogen-bond acceptors (Lipinski definition) is 4. The summed E-state index contributed by atoms with van der Waals surface area (Å²) in [6.07, 6.45) is 4.52. The van der Waals surface area contributed by atoms with Crippen molar-refractivity contribution in [1.29, 1.82) is 0 Å². The predicted molar refractivity (Wildman–Crippen MR) is 365 cm³/mol. The van der Waals surface area contributed by atoms with E-state index in [1.165, 1.54) is 125 Å². The summed E-state index contributed by atoms with van der Waals surface area (Å²) in [6.45, 7) is 26.2. The molecule has 3 heterocycles. The zero-order chi connectivity index (χ0) is 58.8. The van der Waals surface area contributed by atoms with Crippen LogP contribution in [0.4, 0.5) is 62.6 Å². The molecule has 14 rings (SSSR count). The maximum Gasteiger partial charge on any atom is 0.252 e. The van der Waals surface area contributed by atoms with Crippen LogP contribution in [0.3, 0.4) is 0 Å². The van der Waals surface area contributed by atoms with Gasteiger partial charge in [0.2, 0.25) is 0 Å². The fourth-order valence-corrected chi connectivity index (χ4v) is 15.0. The molecule has 5 heteroatoms. The first kappa shape index (κ1) is 54.4. The van der Waals surface area contributed by atoms with Crippen LogP contribution >= 0.6 is 0 Å². The third kappa shape index (κ3) is 8.86. The van der Waals surface area contributed by atoms with E-state index in [0.717, 1.165) is 24.2 Å². The highest BCUT2D eigenvalue weighted by Gasteiger charge is 2.58. The molecule has 0 saturated heterocycles. The number of anilines is 11. The Hall–Kier alpha value is -8.54. The van der Waals surface area contributed by atoms with Crippen molar-refractivity contribution in [3.63, 3.8) is 0 Å². The Morgan fingerprint density at radius 2 is 0.824 bits per heavy atom. The first-order valence-electron chi connectivity index (χ1n) is 31.1. The van der Waals surface area contributed by atoms with E-state index in [9.17, 15) is 0 Å². The minimum Gasteiger partial charge on any atom is -0.334 e. The standard InChI is InChI=1S/C80H79BN4/c1-76(2,3)56-39-43-68(63(48-56)54-28-16-12-17-29-54)83-71-37-25-24-36-66(71)81-67-42-38-58(78(7,8)9)50-72(67)84(69-44-40-57(77(4,5)6)49-64(69)55-30-18-13-19-31-55)74-53-62(52-73(83)75(74)81)85-70-45-41-61(51-65(70)79(10)46-26-27-47-80(79,85)11)82(59-32-20-14-21-33-59)60-34-22-15-23-35-60/h12-25,28-45,48-53H,26-27,46-47H2,1-11H3. The summed E-state index contributed by atoms with van der Waals surface area (Å²) < 4.78 is 0. The summed E-state index contributed by atoms with van der Waals surface area (Å²) in [5.41, 5.74) is 26.7. The van der Waals surface area contributed by atoms with Crippen molar-refractivity contribution >= 4 is 85.7 Å². The van der Waals surface area contributed by atoms with Crippen molar-refractivity contribution < 1.29 is 0 Å². The lowest BCUT2D eigenvalue weighted by atomic mass is 9.33. The van der Waals surface area contributed by atoms with Crippen LogP contribution in [0.5, 0.6) is 0 Å². The van der Waals surface area contributed by atoms with Crippen LogP contribution in [-0.4, -0.2) is 12.3 Å². The van der Waals surface area contributed by atoms with Gasteiger partial charge in [0, 0.05) is 67.7 Å². The Kier molecular flexibility index (Phi) is 12.8. The van der Waals surface area contributed by atoms with Gasteiger partial charge in [-0.05, 0) is 177 Å². The zero-order valence-electron chi connectivity index (χ0n) is 51.6. The van der Waals surface area contributed by atoms with E-state index >= 15 is 0 Å². The van der Waals surface area contributed by atoms with Crippen molar-refractivity contribution in [2.45, 2.75) is 129 Å². The molecule has 10 aromatic carbocycles. The molecule has 85 heavy (non-hydrogen) atoms. The second-order valence-corrected chi connectivity index (χ2v) is 28.1. The summed E-state index contributed by atoms with van der Waals surface area (Å²) in [4.78, 5) is 10.6. The van der Waals surface area contributed by atoms with Gasteiger partial charge in [0.1, 0.15) is 0 Å². The van der Waals surface area contributed by atoms with Crippen molar-refractivity contribution in [2.75, 3.05) is 19.6 Å². The fourth-order valence-electron chi connectivity index (χ4n) is 15.0. The van der Waals surface area contributed by atoms with Gasteiger partial charge in [-0.1, -0.05) is 222 Å². The van der Waals surface area contributed by atoms with Gasteiger partial charge in [-0.3, -0.25) is 0 Å². The largest absolute Gasteiger partial charge is 0.334 e. The smallest absolute Gasteiger partial charge is 0.252 e. The number of nitrogens with zero attached hydrogens (tertiary/aromatic N) is 4. The van der Waals surface area contributed by atoms with Crippen molar-refractivity contribution in [3.05, 3.63) is 253 Å². The molecule has 1 saturated carbocycles. The molecule has 1 aliphatic carbocycles. The third-order valence-electron chi connectivity index (χ3n) is 19.8. The molecule has 3 aliphatic heterocycles. The lowest BCUT2D eigenvalue weighted by Crippen LogP contribution is -2.61.